The molecule has 2 atom stereocenters. The summed E-state index contributed by atoms with van der Waals surface area (Å²) in [5, 5.41) is 3.50. The Kier molecular flexibility index (Phi) is 4.69. The van der Waals surface area contributed by atoms with Crippen LogP contribution in [0.25, 0.3) is 0 Å². The van der Waals surface area contributed by atoms with Crippen LogP contribution in [0.15, 0.2) is 18.3 Å². The molecule has 3 saturated heterocycles. The smallest absolute Gasteiger partial charge is 0.257 e. The number of piperidine rings is 1. The molecule has 3 aliphatic rings. The lowest BCUT2D eigenvalue weighted by Gasteiger charge is -2.30. The molecule has 130 valence electrons. The Bertz CT molecular complexity index is 570. The van der Waals surface area contributed by atoms with Crippen LogP contribution in [0.3, 0.4) is 0 Å². The van der Waals surface area contributed by atoms with E-state index in [1.54, 1.807) is 0 Å². The average molecular weight is 328 g/mol. The molecule has 3 fully saturated rings. The van der Waals surface area contributed by atoms with Gasteiger partial charge in [0.15, 0.2) is 0 Å². The second-order valence-electron chi connectivity index (χ2n) is 7.47. The van der Waals surface area contributed by atoms with Gasteiger partial charge >= 0.3 is 0 Å². The molecule has 24 heavy (non-hydrogen) atoms. The van der Waals surface area contributed by atoms with Crippen LogP contribution >= 0.6 is 0 Å². The second kappa shape index (κ2) is 7.09. The minimum Gasteiger partial charge on any atom is -0.356 e. The number of pyridine rings is 1. The van der Waals surface area contributed by atoms with Crippen molar-refractivity contribution in [2.45, 2.75) is 32.1 Å². The van der Waals surface area contributed by atoms with Crippen LogP contribution in [-0.2, 0) is 0 Å². The van der Waals surface area contributed by atoms with Gasteiger partial charge in [0.25, 0.3) is 5.91 Å². The van der Waals surface area contributed by atoms with Gasteiger partial charge in [0.05, 0.1) is 5.56 Å². The van der Waals surface area contributed by atoms with Crippen molar-refractivity contribution in [2.75, 3.05) is 44.2 Å². The number of likely N-dealkylation sites (tertiary alicyclic amines) is 1. The summed E-state index contributed by atoms with van der Waals surface area (Å²) in [5.74, 6) is 2.57. The largest absolute Gasteiger partial charge is 0.356 e. The molecule has 0 aromatic carbocycles. The van der Waals surface area contributed by atoms with Crippen molar-refractivity contribution in [1.29, 1.82) is 0 Å². The summed E-state index contributed by atoms with van der Waals surface area (Å²) in [4.78, 5) is 22.1. The number of hydrogen-bond donors (Lipinski definition) is 1. The van der Waals surface area contributed by atoms with Gasteiger partial charge in [-0.05, 0) is 69.2 Å². The van der Waals surface area contributed by atoms with Crippen molar-refractivity contribution < 1.29 is 4.79 Å². The van der Waals surface area contributed by atoms with Gasteiger partial charge < -0.3 is 15.1 Å². The fraction of sp³-hybridized carbons (Fsp3) is 0.684. The van der Waals surface area contributed by atoms with Gasteiger partial charge in [-0.2, -0.15) is 0 Å². The fourth-order valence-electron chi connectivity index (χ4n) is 4.51. The van der Waals surface area contributed by atoms with Crippen molar-refractivity contribution in [2.24, 2.45) is 11.8 Å². The molecule has 0 unspecified atom stereocenters. The lowest BCUT2D eigenvalue weighted by atomic mass is 9.92. The first-order valence-corrected chi connectivity index (χ1v) is 9.53. The lowest BCUT2D eigenvalue weighted by molar-refractivity contribution is 0.0758. The van der Waals surface area contributed by atoms with E-state index in [4.69, 9.17) is 0 Å². The van der Waals surface area contributed by atoms with E-state index in [0.717, 1.165) is 75.3 Å². The van der Waals surface area contributed by atoms with E-state index in [-0.39, 0.29) is 5.91 Å². The van der Waals surface area contributed by atoms with Crippen LogP contribution in [0.1, 0.15) is 42.5 Å². The summed E-state index contributed by atoms with van der Waals surface area (Å²) in [7, 11) is 0. The summed E-state index contributed by atoms with van der Waals surface area (Å²) in [6.07, 6.45) is 7.76. The molecular formula is C19H28N4O. The minimum absolute atomic E-state index is 0.177. The SMILES string of the molecule is O=C(c1cccnc1N1CCCCC1)N1CC[C@@H]2CNC[C@@H]2CC1. The summed E-state index contributed by atoms with van der Waals surface area (Å²) in [6, 6.07) is 3.86. The molecule has 1 amide bonds. The van der Waals surface area contributed by atoms with Crippen LogP contribution in [0.2, 0.25) is 0 Å². The van der Waals surface area contributed by atoms with Gasteiger partial charge in [0, 0.05) is 32.4 Å². The number of amides is 1. The predicted octanol–water partition coefficient (Wildman–Crippen LogP) is 2.14. The predicted molar refractivity (Wildman–Crippen MR) is 95.3 cm³/mol. The number of fused-ring (bicyclic) bond motifs is 1. The zero-order chi connectivity index (χ0) is 16.4. The van der Waals surface area contributed by atoms with Gasteiger partial charge in [-0.15, -0.1) is 0 Å². The molecule has 0 saturated carbocycles. The van der Waals surface area contributed by atoms with Crippen LogP contribution in [0.5, 0.6) is 0 Å². The normalized spacial score (nSPS) is 27.7. The zero-order valence-electron chi connectivity index (χ0n) is 14.4. The maximum absolute atomic E-state index is 13.2. The zero-order valence-corrected chi connectivity index (χ0v) is 14.4. The average Bonchev–Trinajstić information content (AvgIpc) is 3.00. The van der Waals surface area contributed by atoms with E-state index in [2.05, 4.69) is 20.1 Å². The Morgan fingerprint density at radius 2 is 1.75 bits per heavy atom. The topological polar surface area (TPSA) is 48.5 Å². The number of aromatic nitrogens is 1. The highest BCUT2D eigenvalue weighted by Gasteiger charge is 2.32. The summed E-state index contributed by atoms with van der Waals surface area (Å²) >= 11 is 0. The molecule has 0 spiro atoms. The molecule has 5 nitrogen and oxygen atoms in total. The third-order valence-corrected chi connectivity index (χ3v) is 5.98. The van der Waals surface area contributed by atoms with Crippen molar-refractivity contribution >= 4 is 11.7 Å². The number of rotatable bonds is 2. The van der Waals surface area contributed by atoms with Crippen molar-refractivity contribution in [1.82, 2.24) is 15.2 Å². The van der Waals surface area contributed by atoms with E-state index in [9.17, 15) is 4.79 Å². The second-order valence-corrected chi connectivity index (χ2v) is 7.47. The van der Waals surface area contributed by atoms with Crippen LogP contribution < -0.4 is 10.2 Å². The Morgan fingerprint density at radius 1 is 1.04 bits per heavy atom. The highest BCUT2D eigenvalue weighted by molar-refractivity contribution is 5.99. The minimum atomic E-state index is 0.177. The molecule has 0 radical (unpaired) electrons. The van der Waals surface area contributed by atoms with Gasteiger partial charge in [0.2, 0.25) is 0 Å². The monoisotopic (exact) mass is 328 g/mol. The van der Waals surface area contributed by atoms with Gasteiger partial charge in [-0.1, -0.05) is 0 Å². The number of anilines is 1. The highest BCUT2D eigenvalue weighted by atomic mass is 16.2. The number of carbonyl (C=O) groups excluding carboxylic acids is 1. The third-order valence-electron chi connectivity index (χ3n) is 5.98. The van der Waals surface area contributed by atoms with E-state index in [0.29, 0.717) is 0 Å². The van der Waals surface area contributed by atoms with Crippen LogP contribution in [-0.4, -0.2) is 55.1 Å². The third kappa shape index (κ3) is 3.14. The van der Waals surface area contributed by atoms with Crippen LogP contribution in [0.4, 0.5) is 5.82 Å². The molecule has 1 aromatic rings. The summed E-state index contributed by atoms with van der Waals surface area (Å²) in [5.41, 5.74) is 0.796. The lowest BCUT2D eigenvalue weighted by Crippen LogP contribution is -2.36. The molecule has 1 aromatic heterocycles. The number of carbonyl (C=O) groups is 1. The molecule has 4 heterocycles. The Balaban J connectivity index is 1.51. The molecule has 5 heteroatoms. The molecule has 0 bridgehead atoms. The quantitative estimate of drug-likeness (QED) is 0.904. The van der Waals surface area contributed by atoms with E-state index in [1.165, 1.54) is 19.3 Å². The van der Waals surface area contributed by atoms with Crippen molar-refractivity contribution in [3.05, 3.63) is 23.9 Å². The van der Waals surface area contributed by atoms with E-state index < -0.39 is 0 Å². The molecular weight excluding hydrogens is 300 g/mol. The van der Waals surface area contributed by atoms with E-state index in [1.807, 2.05) is 18.3 Å². The summed E-state index contributed by atoms with van der Waals surface area (Å²) in [6.45, 7) is 6.06. The molecule has 0 aliphatic carbocycles. The first kappa shape index (κ1) is 15.9. The summed E-state index contributed by atoms with van der Waals surface area (Å²) < 4.78 is 0. The Hall–Kier alpha value is -1.62. The van der Waals surface area contributed by atoms with Gasteiger partial charge in [-0.25, -0.2) is 4.98 Å². The van der Waals surface area contributed by atoms with Crippen molar-refractivity contribution in [3.63, 3.8) is 0 Å². The Labute approximate surface area is 144 Å². The first-order valence-electron chi connectivity index (χ1n) is 9.53. The molecule has 4 rings (SSSR count). The Morgan fingerprint density at radius 3 is 2.46 bits per heavy atom. The highest BCUT2D eigenvalue weighted by Crippen LogP contribution is 2.29. The maximum Gasteiger partial charge on any atom is 0.257 e. The standard InChI is InChI=1S/C19H28N4O/c24-19(23-11-6-15-13-20-14-16(15)7-12-23)17-5-4-8-21-18(17)22-9-2-1-3-10-22/h4-5,8,15-16,20H,1-3,6-7,9-14H2/t15-,16+. The maximum atomic E-state index is 13.2. The number of nitrogens with one attached hydrogen (secondary N) is 1. The first-order chi connectivity index (χ1) is 11.8. The van der Waals surface area contributed by atoms with Gasteiger partial charge in [-0.3, -0.25) is 4.79 Å². The van der Waals surface area contributed by atoms with Gasteiger partial charge in [0.1, 0.15) is 5.82 Å². The number of nitrogens with zero attached hydrogens (tertiary/aromatic N) is 3. The van der Waals surface area contributed by atoms with E-state index >= 15 is 0 Å². The molecule has 1 N–H and O–H groups in total. The fourth-order valence-corrected chi connectivity index (χ4v) is 4.51. The van der Waals surface area contributed by atoms with Crippen molar-refractivity contribution in [3.8, 4) is 0 Å². The number of hydrogen-bond acceptors (Lipinski definition) is 4. The van der Waals surface area contributed by atoms with Crippen LogP contribution in [0, 0.1) is 11.8 Å². The molecule has 3 aliphatic heterocycles.